The van der Waals surface area contributed by atoms with Crippen LogP contribution in [0, 0.1) is 3.57 Å². The molecule has 1 rings (SSSR count). The highest BCUT2D eigenvalue weighted by Crippen LogP contribution is 2.09. The predicted molar refractivity (Wildman–Crippen MR) is 72.3 cm³/mol. The van der Waals surface area contributed by atoms with E-state index in [1.54, 1.807) is 0 Å². The van der Waals surface area contributed by atoms with Crippen molar-refractivity contribution in [3.63, 3.8) is 0 Å². The van der Waals surface area contributed by atoms with E-state index in [9.17, 15) is 0 Å². The van der Waals surface area contributed by atoms with Crippen molar-refractivity contribution >= 4 is 28.7 Å². The summed E-state index contributed by atoms with van der Waals surface area (Å²) in [5.74, 6) is 0. The summed E-state index contributed by atoms with van der Waals surface area (Å²) < 4.78 is 1.30. The Morgan fingerprint density at radius 1 is 1.14 bits per heavy atom. The van der Waals surface area contributed by atoms with E-state index in [1.807, 2.05) is 0 Å². The van der Waals surface area contributed by atoms with Crippen LogP contribution in [0.15, 0.2) is 30.3 Å². The minimum absolute atomic E-state index is 1.21. The lowest BCUT2D eigenvalue weighted by molar-refractivity contribution is 0.730. The standard InChI is InChI=1S/C13H17I/c1-2-3-4-5-6-7-12-8-10-13(14)11-9-12/h6-11H,2-5H2,1H3/b7-6+. The molecule has 0 saturated heterocycles. The van der Waals surface area contributed by atoms with Gasteiger partial charge in [-0.25, -0.2) is 0 Å². The van der Waals surface area contributed by atoms with Gasteiger partial charge in [-0.1, -0.05) is 44.1 Å². The second-order valence-corrected chi connectivity index (χ2v) is 4.70. The van der Waals surface area contributed by atoms with Crippen LogP contribution in [-0.4, -0.2) is 0 Å². The Bertz CT molecular complexity index is 272. The van der Waals surface area contributed by atoms with Crippen molar-refractivity contribution in [2.45, 2.75) is 32.6 Å². The van der Waals surface area contributed by atoms with Crippen molar-refractivity contribution in [2.24, 2.45) is 0 Å². The zero-order valence-corrected chi connectivity index (χ0v) is 10.8. The molecule has 0 aliphatic rings. The van der Waals surface area contributed by atoms with Crippen LogP contribution in [-0.2, 0) is 0 Å². The molecule has 0 saturated carbocycles. The van der Waals surface area contributed by atoms with Crippen LogP contribution in [0.4, 0.5) is 0 Å². The lowest BCUT2D eigenvalue weighted by Crippen LogP contribution is -1.74. The highest BCUT2D eigenvalue weighted by Gasteiger charge is 1.87. The maximum atomic E-state index is 2.33. The molecule has 1 aromatic carbocycles. The van der Waals surface area contributed by atoms with Crippen LogP contribution < -0.4 is 0 Å². The predicted octanol–water partition coefficient (Wildman–Crippen LogP) is 4.88. The molecule has 0 fully saturated rings. The van der Waals surface area contributed by atoms with Crippen molar-refractivity contribution in [1.29, 1.82) is 0 Å². The topological polar surface area (TPSA) is 0 Å². The molecule has 0 N–H and O–H groups in total. The molecule has 0 spiro atoms. The molecule has 0 radical (unpaired) electrons. The Balaban J connectivity index is 2.33. The number of hydrogen-bond donors (Lipinski definition) is 0. The number of benzene rings is 1. The second-order valence-electron chi connectivity index (χ2n) is 3.45. The van der Waals surface area contributed by atoms with Gasteiger partial charge in [-0.3, -0.25) is 0 Å². The molecule has 0 aromatic heterocycles. The van der Waals surface area contributed by atoms with Crippen molar-refractivity contribution in [3.05, 3.63) is 39.5 Å². The summed E-state index contributed by atoms with van der Waals surface area (Å²) in [4.78, 5) is 0. The van der Waals surface area contributed by atoms with Crippen LogP contribution in [0.5, 0.6) is 0 Å². The maximum Gasteiger partial charge on any atom is 0.0130 e. The number of rotatable bonds is 5. The van der Waals surface area contributed by atoms with Crippen molar-refractivity contribution in [3.8, 4) is 0 Å². The summed E-state index contributed by atoms with van der Waals surface area (Å²) in [5.41, 5.74) is 1.31. The van der Waals surface area contributed by atoms with E-state index in [0.717, 1.165) is 0 Å². The Kier molecular flexibility index (Phi) is 5.92. The first-order chi connectivity index (χ1) is 6.83. The molecule has 0 amide bonds. The van der Waals surface area contributed by atoms with Gasteiger partial charge in [0.2, 0.25) is 0 Å². The van der Waals surface area contributed by atoms with Gasteiger partial charge in [0.25, 0.3) is 0 Å². The minimum Gasteiger partial charge on any atom is -0.0839 e. The lowest BCUT2D eigenvalue weighted by Gasteiger charge is -1.94. The summed E-state index contributed by atoms with van der Waals surface area (Å²) in [6.07, 6.45) is 9.66. The van der Waals surface area contributed by atoms with E-state index < -0.39 is 0 Å². The SMILES string of the molecule is CCCCC/C=C/c1ccc(I)cc1. The van der Waals surface area contributed by atoms with Gasteiger partial charge in [0.05, 0.1) is 0 Å². The van der Waals surface area contributed by atoms with Gasteiger partial charge in [0.1, 0.15) is 0 Å². The fourth-order valence-electron chi connectivity index (χ4n) is 1.31. The van der Waals surface area contributed by atoms with Crippen LogP contribution >= 0.6 is 22.6 Å². The molecule has 0 nitrogen and oxygen atoms in total. The zero-order chi connectivity index (χ0) is 10.2. The highest BCUT2D eigenvalue weighted by molar-refractivity contribution is 14.1. The smallest absolute Gasteiger partial charge is 0.0130 e. The van der Waals surface area contributed by atoms with E-state index in [-0.39, 0.29) is 0 Å². The third kappa shape index (κ3) is 4.80. The normalized spacial score (nSPS) is 11.0. The van der Waals surface area contributed by atoms with Crippen LogP contribution in [0.2, 0.25) is 0 Å². The van der Waals surface area contributed by atoms with Gasteiger partial charge in [0, 0.05) is 3.57 Å². The summed E-state index contributed by atoms with van der Waals surface area (Å²) in [6.45, 7) is 2.24. The monoisotopic (exact) mass is 300 g/mol. The Morgan fingerprint density at radius 2 is 1.86 bits per heavy atom. The molecular formula is C13H17I. The fraction of sp³-hybridized carbons (Fsp3) is 0.385. The van der Waals surface area contributed by atoms with E-state index in [0.29, 0.717) is 0 Å². The number of allylic oxidation sites excluding steroid dienone is 1. The van der Waals surface area contributed by atoms with E-state index in [4.69, 9.17) is 0 Å². The van der Waals surface area contributed by atoms with Gasteiger partial charge in [-0.15, -0.1) is 0 Å². The molecular weight excluding hydrogens is 283 g/mol. The van der Waals surface area contributed by atoms with Crippen LogP contribution in [0.1, 0.15) is 38.2 Å². The largest absolute Gasteiger partial charge is 0.0839 e. The van der Waals surface area contributed by atoms with Gasteiger partial charge >= 0.3 is 0 Å². The maximum absolute atomic E-state index is 2.33. The highest BCUT2D eigenvalue weighted by atomic mass is 127. The average Bonchev–Trinajstić information content (AvgIpc) is 2.21. The first-order valence-corrected chi connectivity index (χ1v) is 6.33. The Morgan fingerprint density at radius 3 is 2.50 bits per heavy atom. The lowest BCUT2D eigenvalue weighted by atomic mass is 10.1. The van der Waals surface area contributed by atoms with Crippen molar-refractivity contribution in [2.75, 3.05) is 0 Å². The Hall–Kier alpha value is -0.310. The summed E-state index contributed by atoms with van der Waals surface area (Å²) in [7, 11) is 0. The van der Waals surface area contributed by atoms with E-state index in [2.05, 4.69) is 65.9 Å². The van der Waals surface area contributed by atoms with Gasteiger partial charge < -0.3 is 0 Å². The van der Waals surface area contributed by atoms with Crippen LogP contribution in [0.25, 0.3) is 6.08 Å². The molecule has 0 aliphatic heterocycles. The van der Waals surface area contributed by atoms with Crippen molar-refractivity contribution < 1.29 is 0 Å². The Labute approximate surface area is 101 Å². The first-order valence-electron chi connectivity index (χ1n) is 5.25. The molecule has 14 heavy (non-hydrogen) atoms. The van der Waals surface area contributed by atoms with E-state index >= 15 is 0 Å². The second kappa shape index (κ2) is 7.04. The number of halogens is 1. The third-order valence-corrected chi connectivity index (χ3v) is 2.87. The fourth-order valence-corrected chi connectivity index (χ4v) is 1.67. The van der Waals surface area contributed by atoms with E-state index in [1.165, 1.54) is 34.8 Å². The molecule has 0 unspecified atom stereocenters. The van der Waals surface area contributed by atoms with Gasteiger partial charge in [-0.05, 0) is 53.1 Å². The van der Waals surface area contributed by atoms with Gasteiger partial charge in [0.15, 0.2) is 0 Å². The zero-order valence-electron chi connectivity index (χ0n) is 8.67. The van der Waals surface area contributed by atoms with Gasteiger partial charge in [-0.2, -0.15) is 0 Å². The molecule has 0 heterocycles. The molecule has 0 atom stereocenters. The average molecular weight is 300 g/mol. The number of hydrogen-bond acceptors (Lipinski definition) is 0. The molecule has 1 aromatic rings. The minimum atomic E-state index is 1.21. The van der Waals surface area contributed by atoms with Crippen LogP contribution in [0.3, 0.4) is 0 Å². The summed E-state index contributed by atoms with van der Waals surface area (Å²) in [5, 5.41) is 0. The molecule has 0 bridgehead atoms. The molecule has 0 aliphatic carbocycles. The molecule has 76 valence electrons. The summed E-state index contributed by atoms with van der Waals surface area (Å²) in [6, 6.07) is 8.62. The summed E-state index contributed by atoms with van der Waals surface area (Å²) >= 11 is 2.33. The van der Waals surface area contributed by atoms with Crippen molar-refractivity contribution in [1.82, 2.24) is 0 Å². The molecule has 1 heteroatoms. The third-order valence-electron chi connectivity index (χ3n) is 2.15. The quantitative estimate of drug-likeness (QED) is 0.537. The number of unbranched alkanes of at least 4 members (excludes halogenated alkanes) is 3. The first kappa shape index (κ1) is 11.8.